The Kier molecular flexibility index (Phi) is 2.95. The molecule has 0 spiro atoms. The van der Waals surface area contributed by atoms with Gasteiger partial charge in [-0.1, -0.05) is 0 Å². The Hall–Kier alpha value is -1.61. The van der Waals surface area contributed by atoms with Crippen molar-refractivity contribution in [3.8, 4) is 6.07 Å². The molecular weight excluding hydrogens is 219 g/mol. The number of hydrogen-bond donors (Lipinski definition) is 1. The van der Waals surface area contributed by atoms with Crippen molar-refractivity contribution >= 4 is 15.7 Å². The maximum Gasteiger partial charge on any atom is 0.229 e. The number of nitrogens with zero attached hydrogens (tertiary/aromatic N) is 1. The van der Waals surface area contributed by atoms with E-state index in [4.69, 9.17) is 5.26 Å². The average molecular weight is 228 g/mol. The monoisotopic (exact) mass is 228 g/mol. The predicted octanol–water partition coefficient (Wildman–Crippen LogP) is 1.38. The van der Waals surface area contributed by atoms with Gasteiger partial charge in [-0.15, -0.1) is 0 Å². The first kappa shape index (κ1) is 11.5. The van der Waals surface area contributed by atoms with Gasteiger partial charge in [0.1, 0.15) is 5.82 Å². The summed E-state index contributed by atoms with van der Waals surface area (Å²) < 4.78 is 37.3. The smallest absolute Gasteiger partial charge is 0.229 e. The molecule has 15 heavy (non-hydrogen) atoms. The van der Waals surface area contributed by atoms with E-state index < -0.39 is 15.8 Å². The van der Waals surface area contributed by atoms with Crippen LogP contribution in [-0.4, -0.2) is 14.7 Å². The zero-order chi connectivity index (χ0) is 11.6. The van der Waals surface area contributed by atoms with Crippen LogP contribution in [0.2, 0.25) is 0 Å². The molecular formula is C9H9FN2O2S. The van der Waals surface area contributed by atoms with E-state index in [1.54, 1.807) is 6.07 Å². The van der Waals surface area contributed by atoms with Crippen LogP contribution in [0.1, 0.15) is 11.1 Å². The molecule has 0 radical (unpaired) electrons. The van der Waals surface area contributed by atoms with Crippen LogP contribution >= 0.6 is 0 Å². The largest absolute Gasteiger partial charge is 0.283 e. The minimum Gasteiger partial charge on any atom is -0.283 e. The molecule has 0 aliphatic rings. The Morgan fingerprint density at radius 1 is 1.47 bits per heavy atom. The number of benzene rings is 1. The summed E-state index contributed by atoms with van der Waals surface area (Å²) in [5.74, 6) is -0.611. The van der Waals surface area contributed by atoms with Crippen LogP contribution < -0.4 is 4.72 Å². The van der Waals surface area contributed by atoms with Gasteiger partial charge in [-0.2, -0.15) is 5.26 Å². The highest BCUT2D eigenvalue weighted by Crippen LogP contribution is 2.21. The standard InChI is InChI=1S/C9H9FN2O2S/c1-6-8(10)3-7(5-11)4-9(6)12-15(2,13)14/h3-4,12H,1-2H3. The maximum absolute atomic E-state index is 13.2. The molecule has 0 bridgehead atoms. The fourth-order valence-electron chi connectivity index (χ4n) is 1.05. The van der Waals surface area contributed by atoms with Gasteiger partial charge in [0.05, 0.1) is 23.6 Å². The lowest BCUT2D eigenvalue weighted by molar-refractivity contribution is 0.606. The van der Waals surface area contributed by atoms with Gasteiger partial charge >= 0.3 is 0 Å². The van der Waals surface area contributed by atoms with Gasteiger partial charge < -0.3 is 0 Å². The summed E-state index contributed by atoms with van der Waals surface area (Å²) in [6, 6.07) is 4.10. The van der Waals surface area contributed by atoms with Crippen molar-refractivity contribution < 1.29 is 12.8 Å². The lowest BCUT2D eigenvalue weighted by Crippen LogP contribution is -2.11. The summed E-state index contributed by atoms with van der Waals surface area (Å²) in [5, 5.41) is 8.58. The number of hydrogen-bond acceptors (Lipinski definition) is 3. The normalized spacial score (nSPS) is 10.8. The Morgan fingerprint density at radius 3 is 2.53 bits per heavy atom. The van der Waals surface area contributed by atoms with Gasteiger partial charge in [0.15, 0.2) is 0 Å². The number of halogens is 1. The van der Waals surface area contributed by atoms with Gasteiger partial charge in [-0.3, -0.25) is 4.72 Å². The summed E-state index contributed by atoms with van der Waals surface area (Å²) in [6.45, 7) is 1.43. The molecule has 0 saturated carbocycles. The predicted molar refractivity (Wildman–Crippen MR) is 54.3 cm³/mol. The zero-order valence-electron chi connectivity index (χ0n) is 8.20. The fourth-order valence-corrected chi connectivity index (χ4v) is 1.66. The lowest BCUT2D eigenvalue weighted by atomic mass is 10.1. The third-order valence-corrected chi connectivity index (χ3v) is 2.36. The molecule has 0 fully saturated rings. The molecule has 1 N–H and O–H groups in total. The van der Waals surface area contributed by atoms with E-state index in [0.717, 1.165) is 12.3 Å². The molecule has 0 unspecified atom stereocenters. The van der Waals surface area contributed by atoms with E-state index >= 15 is 0 Å². The first-order chi connectivity index (χ1) is 6.83. The number of rotatable bonds is 2. The van der Waals surface area contributed by atoms with Crippen LogP contribution in [0.5, 0.6) is 0 Å². The molecule has 0 aromatic heterocycles. The molecule has 0 aliphatic carbocycles. The third kappa shape index (κ3) is 2.92. The third-order valence-electron chi connectivity index (χ3n) is 1.77. The van der Waals surface area contributed by atoms with Gasteiger partial charge in [-0.25, -0.2) is 12.8 Å². The summed E-state index contributed by atoms with van der Waals surface area (Å²) in [6.07, 6.45) is 0.962. The van der Waals surface area contributed by atoms with Crippen molar-refractivity contribution in [2.24, 2.45) is 0 Å². The number of nitriles is 1. The van der Waals surface area contributed by atoms with Crippen LogP contribution in [0.4, 0.5) is 10.1 Å². The van der Waals surface area contributed by atoms with E-state index in [2.05, 4.69) is 4.72 Å². The molecule has 6 heteroatoms. The van der Waals surface area contributed by atoms with E-state index in [9.17, 15) is 12.8 Å². The SMILES string of the molecule is Cc1c(F)cc(C#N)cc1NS(C)(=O)=O. The van der Waals surface area contributed by atoms with Crippen molar-refractivity contribution in [2.45, 2.75) is 6.92 Å². The van der Waals surface area contributed by atoms with Crippen molar-refractivity contribution in [3.63, 3.8) is 0 Å². The van der Waals surface area contributed by atoms with Gasteiger partial charge in [0.2, 0.25) is 10.0 Å². The van der Waals surface area contributed by atoms with Crippen molar-refractivity contribution in [2.75, 3.05) is 11.0 Å². The second-order valence-electron chi connectivity index (χ2n) is 3.12. The van der Waals surface area contributed by atoms with Crippen molar-refractivity contribution in [3.05, 3.63) is 29.1 Å². The van der Waals surface area contributed by atoms with Crippen LogP contribution in [-0.2, 0) is 10.0 Å². The molecule has 1 aromatic rings. The molecule has 0 atom stereocenters. The molecule has 0 aliphatic heterocycles. The molecule has 80 valence electrons. The quantitative estimate of drug-likeness (QED) is 0.831. The van der Waals surface area contributed by atoms with E-state index in [0.29, 0.717) is 0 Å². The topological polar surface area (TPSA) is 70.0 Å². The van der Waals surface area contributed by atoms with E-state index in [-0.39, 0.29) is 16.8 Å². The van der Waals surface area contributed by atoms with Crippen LogP contribution in [0, 0.1) is 24.1 Å². The van der Waals surface area contributed by atoms with Crippen LogP contribution in [0.25, 0.3) is 0 Å². The second kappa shape index (κ2) is 3.87. The number of nitrogens with one attached hydrogen (secondary N) is 1. The minimum absolute atomic E-state index is 0.0734. The van der Waals surface area contributed by atoms with Crippen LogP contribution in [0.15, 0.2) is 12.1 Å². The maximum atomic E-state index is 13.2. The van der Waals surface area contributed by atoms with Crippen molar-refractivity contribution in [1.29, 1.82) is 5.26 Å². The first-order valence-corrected chi connectivity index (χ1v) is 5.90. The molecule has 4 nitrogen and oxygen atoms in total. The first-order valence-electron chi connectivity index (χ1n) is 4.01. The summed E-state index contributed by atoms with van der Waals surface area (Å²) in [4.78, 5) is 0. The highest BCUT2D eigenvalue weighted by Gasteiger charge is 2.10. The molecule has 0 saturated heterocycles. The van der Waals surface area contributed by atoms with Crippen LogP contribution in [0.3, 0.4) is 0 Å². The Bertz CT molecular complexity index is 532. The second-order valence-corrected chi connectivity index (χ2v) is 4.87. The Labute approximate surface area is 87.4 Å². The minimum atomic E-state index is -3.47. The summed E-state index contributed by atoms with van der Waals surface area (Å²) >= 11 is 0. The van der Waals surface area contributed by atoms with E-state index in [1.165, 1.54) is 13.0 Å². The Balaban J connectivity index is 3.30. The molecule has 0 heterocycles. The number of sulfonamides is 1. The van der Waals surface area contributed by atoms with E-state index in [1.807, 2.05) is 0 Å². The fraction of sp³-hybridized carbons (Fsp3) is 0.222. The van der Waals surface area contributed by atoms with Gasteiger partial charge in [0.25, 0.3) is 0 Å². The number of anilines is 1. The molecule has 1 aromatic carbocycles. The van der Waals surface area contributed by atoms with Crippen molar-refractivity contribution in [1.82, 2.24) is 0 Å². The highest BCUT2D eigenvalue weighted by atomic mass is 32.2. The van der Waals surface area contributed by atoms with Gasteiger partial charge in [-0.05, 0) is 19.1 Å². The zero-order valence-corrected chi connectivity index (χ0v) is 9.02. The average Bonchev–Trinajstić information content (AvgIpc) is 2.10. The highest BCUT2D eigenvalue weighted by molar-refractivity contribution is 7.92. The molecule has 1 rings (SSSR count). The summed E-state index contributed by atoms with van der Waals surface area (Å²) in [5.41, 5.74) is 0.331. The van der Waals surface area contributed by atoms with Gasteiger partial charge in [0, 0.05) is 5.56 Å². The Morgan fingerprint density at radius 2 is 2.07 bits per heavy atom. The summed E-state index contributed by atoms with van der Waals surface area (Å²) in [7, 11) is -3.47. The molecule has 0 amide bonds. The lowest BCUT2D eigenvalue weighted by Gasteiger charge is -2.08.